The van der Waals surface area contributed by atoms with Crippen LogP contribution in [0.2, 0.25) is 0 Å². The molecular weight excluding hydrogens is 259 g/mol. The van der Waals surface area contributed by atoms with Crippen molar-refractivity contribution in [2.45, 2.75) is 38.9 Å². The maximum absolute atomic E-state index is 13.9. The van der Waals surface area contributed by atoms with Crippen LogP contribution in [0.25, 0.3) is 0 Å². The number of carbonyl (C=O) groups excluding carboxylic acids is 1. The molecule has 1 unspecified atom stereocenters. The molecule has 1 fully saturated rings. The fourth-order valence-electron chi connectivity index (χ4n) is 2.62. The Balaban J connectivity index is 2.10. The number of carbonyl (C=O) groups is 1. The summed E-state index contributed by atoms with van der Waals surface area (Å²) in [6, 6.07) is 4.64. The maximum Gasteiger partial charge on any atom is 0.323 e. The molecule has 1 aliphatic rings. The van der Waals surface area contributed by atoms with Gasteiger partial charge in [-0.15, -0.1) is 0 Å². The number of halogens is 1. The predicted octanol–water partition coefficient (Wildman–Crippen LogP) is 1.81. The molecular formula is C15H21FN2O2. The van der Waals surface area contributed by atoms with E-state index in [1.807, 2.05) is 4.90 Å². The van der Waals surface area contributed by atoms with Crippen molar-refractivity contribution in [3.8, 4) is 0 Å². The summed E-state index contributed by atoms with van der Waals surface area (Å²) < 4.78 is 18.9. The van der Waals surface area contributed by atoms with E-state index >= 15 is 0 Å². The molecule has 1 atom stereocenters. The van der Waals surface area contributed by atoms with Crippen molar-refractivity contribution < 1.29 is 13.9 Å². The van der Waals surface area contributed by atoms with E-state index in [2.05, 4.69) is 0 Å². The second kappa shape index (κ2) is 6.81. The van der Waals surface area contributed by atoms with E-state index in [4.69, 9.17) is 10.5 Å². The lowest BCUT2D eigenvalue weighted by Crippen LogP contribution is -2.37. The standard InChI is InChI=1S/C15H21FN2O2/c1-2-20-15(19)14-4-3-7-18(14)10-12-8-11(9-17)5-6-13(12)16/h5-6,8,14H,2-4,7,9-10,17H2,1H3. The van der Waals surface area contributed by atoms with Crippen LogP contribution in [0.4, 0.5) is 4.39 Å². The molecule has 5 heteroatoms. The van der Waals surface area contributed by atoms with E-state index in [-0.39, 0.29) is 17.8 Å². The zero-order valence-corrected chi connectivity index (χ0v) is 11.8. The molecule has 1 heterocycles. The highest BCUT2D eigenvalue weighted by Gasteiger charge is 2.32. The Kier molecular flexibility index (Phi) is 5.09. The summed E-state index contributed by atoms with van der Waals surface area (Å²) in [5, 5.41) is 0. The van der Waals surface area contributed by atoms with Gasteiger partial charge in [-0.3, -0.25) is 9.69 Å². The van der Waals surface area contributed by atoms with Crippen molar-refractivity contribution in [1.29, 1.82) is 0 Å². The number of esters is 1. The molecule has 1 saturated heterocycles. The lowest BCUT2D eigenvalue weighted by molar-refractivity contribution is -0.148. The molecule has 20 heavy (non-hydrogen) atoms. The van der Waals surface area contributed by atoms with Crippen LogP contribution in [0.1, 0.15) is 30.9 Å². The van der Waals surface area contributed by atoms with Crippen LogP contribution in [-0.4, -0.2) is 30.1 Å². The molecule has 2 rings (SSSR count). The second-order valence-electron chi connectivity index (χ2n) is 5.01. The zero-order chi connectivity index (χ0) is 14.5. The Morgan fingerprint density at radius 3 is 3.05 bits per heavy atom. The number of likely N-dealkylation sites (tertiary alicyclic amines) is 1. The molecule has 4 nitrogen and oxygen atoms in total. The molecule has 1 aromatic rings. The zero-order valence-electron chi connectivity index (χ0n) is 11.8. The first-order chi connectivity index (χ1) is 9.65. The van der Waals surface area contributed by atoms with E-state index in [9.17, 15) is 9.18 Å². The molecule has 2 N–H and O–H groups in total. The van der Waals surface area contributed by atoms with Crippen LogP contribution in [0.3, 0.4) is 0 Å². The van der Waals surface area contributed by atoms with Gasteiger partial charge in [0, 0.05) is 18.7 Å². The van der Waals surface area contributed by atoms with Crippen LogP contribution in [0.15, 0.2) is 18.2 Å². The highest BCUT2D eigenvalue weighted by molar-refractivity contribution is 5.76. The summed E-state index contributed by atoms with van der Waals surface area (Å²) in [5.74, 6) is -0.461. The largest absolute Gasteiger partial charge is 0.465 e. The molecule has 0 radical (unpaired) electrons. The Morgan fingerprint density at radius 2 is 2.35 bits per heavy atom. The number of hydrogen-bond acceptors (Lipinski definition) is 4. The number of nitrogens with two attached hydrogens (primary N) is 1. The van der Waals surface area contributed by atoms with Gasteiger partial charge in [-0.1, -0.05) is 12.1 Å². The van der Waals surface area contributed by atoms with Crippen LogP contribution in [-0.2, 0) is 22.6 Å². The molecule has 0 saturated carbocycles. The lowest BCUT2D eigenvalue weighted by atomic mass is 10.1. The van der Waals surface area contributed by atoms with Gasteiger partial charge in [0.25, 0.3) is 0 Å². The molecule has 0 spiro atoms. The maximum atomic E-state index is 13.9. The van der Waals surface area contributed by atoms with Gasteiger partial charge in [0.15, 0.2) is 0 Å². The van der Waals surface area contributed by atoms with Gasteiger partial charge in [0.05, 0.1) is 6.61 Å². The number of nitrogens with zero attached hydrogens (tertiary/aromatic N) is 1. The first kappa shape index (κ1) is 14.9. The summed E-state index contributed by atoms with van der Waals surface area (Å²) in [6.45, 7) is 3.76. The van der Waals surface area contributed by atoms with Crippen LogP contribution in [0, 0.1) is 5.82 Å². The van der Waals surface area contributed by atoms with Gasteiger partial charge in [0.1, 0.15) is 11.9 Å². The minimum Gasteiger partial charge on any atom is -0.465 e. The number of benzene rings is 1. The average Bonchev–Trinajstić information content (AvgIpc) is 2.90. The quantitative estimate of drug-likeness (QED) is 0.836. The average molecular weight is 280 g/mol. The fourth-order valence-corrected chi connectivity index (χ4v) is 2.62. The third-order valence-electron chi connectivity index (χ3n) is 3.64. The topological polar surface area (TPSA) is 55.6 Å². The van der Waals surface area contributed by atoms with Gasteiger partial charge in [0.2, 0.25) is 0 Å². The summed E-state index contributed by atoms with van der Waals surface area (Å²) >= 11 is 0. The van der Waals surface area contributed by atoms with Gasteiger partial charge in [-0.25, -0.2) is 4.39 Å². The van der Waals surface area contributed by atoms with E-state index in [1.165, 1.54) is 6.07 Å². The Labute approximate surface area is 118 Å². The first-order valence-electron chi connectivity index (χ1n) is 7.03. The summed E-state index contributed by atoms with van der Waals surface area (Å²) in [4.78, 5) is 13.9. The molecule has 0 aromatic heterocycles. The SMILES string of the molecule is CCOC(=O)C1CCCN1Cc1cc(CN)ccc1F. The monoisotopic (exact) mass is 280 g/mol. The van der Waals surface area contributed by atoms with Crippen LogP contribution < -0.4 is 5.73 Å². The van der Waals surface area contributed by atoms with Gasteiger partial charge < -0.3 is 10.5 Å². The Morgan fingerprint density at radius 1 is 1.55 bits per heavy atom. The molecule has 0 amide bonds. The van der Waals surface area contributed by atoms with Crippen LogP contribution in [0.5, 0.6) is 0 Å². The summed E-state index contributed by atoms with van der Waals surface area (Å²) in [6.07, 6.45) is 1.71. The highest BCUT2D eigenvalue weighted by Crippen LogP contribution is 2.22. The second-order valence-corrected chi connectivity index (χ2v) is 5.01. The molecule has 110 valence electrons. The van der Waals surface area contributed by atoms with Crippen molar-refractivity contribution in [2.24, 2.45) is 5.73 Å². The first-order valence-corrected chi connectivity index (χ1v) is 7.03. The van der Waals surface area contributed by atoms with Crippen molar-refractivity contribution in [3.05, 3.63) is 35.1 Å². The summed E-state index contributed by atoms with van der Waals surface area (Å²) in [5.41, 5.74) is 7.07. The Bertz CT molecular complexity index is 479. The fraction of sp³-hybridized carbons (Fsp3) is 0.533. The molecule has 1 aliphatic heterocycles. The number of rotatable bonds is 5. The van der Waals surface area contributed by atoms with Crippen molar-refractivity contribution >= 4 is 5.97 Å². The van der Waals surface area contributed by atoms with Crippen molar-refractivity contribution in [1.82, 2.24) is 4.90 Å². The van der Waals surface area contributed by atoms with E-state index in [0.29, 0.717) is 25.3 Å². The minimum absolute atomic E-state index is 0.208. The number of hydrogen-bond donors (Lipinski definition) is 1. The van der Waals surface area contributed by atoms with Gasteiger partial charge >= 0.3 is 5.97 Å². The molecule has 0 bridgehead atoms. The van der Waals surface area contributed by atoms with Crippen LogP contribution >= 0.6 is 0 Å². The molecule has 0 aliphatic carbocycles. The third kappa shape index (κ3) is 3.35. The normalized spacial score (nSPS) is 19.2. The summed E-state index contributed by atoms with van der Waals surface area (Å²) in [7, 11) is 0. The Hall–Kier alpha value is -1.46. The van der Waals surface area contributed by atoms with E-state index in [1.54, 1.807) is 19.1 Å². The predicted molar refractivity (Wildman–Crippen MR) is 74.4 cm³/mol. The highest BCUT2D eigenvalue weighted by atomic mass is 19.1. The van der Waals surface area contributed by atoms with E-state index in [0.717, 1.165) is 24.9 Å². The smallest absolute Gasteiger partial charge is 0.323 e. The molecule has 1 aromatic carbocycles. The van der Waals surface area contributed by atoms with Crippen molar-refractivity contribution in [3.63, 3.8) is 0 Å². The van der Waals surface area contributed by atoms with E-state index < -0.39 is 0 Å². The number of ether oxygens (including phenoxy) is 1. The van der Waals surface area contributed by atoms with Gasteiger partial charge in [-0.05, 0) is 37.9 Å². The lowest BCUT2D eigenvalue weighted by Gasteiger charge is -2.23. The third-order valence-corrected chi connectivity index (χ3v) is 3.64. The van der Waals surface area contributed by atoms with Crippen molar-refractivity contribution in [2.75, 3.05) is 13.2 Å². The minimum atomic E-state index is -0.254. The van der Waals surface area contributed by atoms with Gasteiger partial charge in [-0.2, -0.15) is 0 Å².